The van der Waals surface area contributed by atoms with Crippen LogP contribution < -0.4 is 10.4 Å². The third kappa shape index (κ3) is 3.76. The fourth-order valence-corrected chi connectivity index (χ4v) is 6.99. The number of fused-ring (bicyclic) bond motifs is 8. The lowest BCUT2D eigenvalue weighted by Crippen LogP contribution is -2.21. The largest absolute Gasteiger partial charge is 0.0798 e. The van der Waals surface area contributed by atoms with E-state index in [1.807, 2.05) is 0 Å². The number of rotatable bonds is 3. The highest BCUT2D eigenvalue weighted by molar-refractivity contribution is 6.20. The second-order valence-corrected chi connectivity index (χ2v) is 11.8. The van der Waals surface area contributed by atoms with Crippen molar-refractivity contribution in [2.45, 2.75) is 27.2 Å². The van der Waals surface area contributed by atoms with Crippen molar-refractivity contribution < 1.29 is 0 Å². The minimum absolute atomic E-state index is 0.936. The molecule has 6 aromatic rings. The number of hydrogen-bond donors (Lipinski definition) is 0. The van der Waals surface area contributed by atoms with Gasteiger partial charge in [0.15, 0.2) is 0 Å². The maximum atomic E-state index is 3.90. The predicted molar refractivity (Wildman–Crippen MR) is 179 cm³/mol. The maximum Gasteiger partial charge on any atom is -0.000695 e. The van der Waals surface area contributed by atoms with Crippen LogP contribution in [0.1, 0.15) is 46.7 Å². The average Bonchev–Trinajstić information content (AvgIpc) is 3.63. The Kier molecular flexibility index (Phi) is 5.66. The summed E-state index contributed by atoms with van der Waals surface area (Å²) in [4.78, 5) is 0. The molecule has 199 valence electrons. The van der Waals surface area contributed by atoms with Crippen molar-refractivity contribution in [1.82, 2.24) is 0 Å². The quantitative estimate of drug-likeness (QED) is 0.198. The van der Waals surface area contributed by atoms with Gasteiger partial charge in [-0.1, -0.05) is 132 Å². The zero-order chi connectivity index (χ0) is 28.4. The van der Waals surface area contributed by atoms with Crippen LogP contribution in [-0.4, -0.2) is 0 Å². The van der Waals surface area contributed by atoms with Gasteiger partial charge in [0.1, 0.15) is 0 Å². The summed E-state index contributed by atoms with van der Waals surface area (Å²) in [5, 5.41) is 7.63. The Morgan fingerprint density at radius 3 is 1.71 bits per heavy atom. The number of benzene rings is 6. The van der Waals surface area contributed by atoms with E-state index in [0.29, 0.717) is 0 Å². The number of hydrogen-bond acceptors (Lipinski definition) is 0. The second-order valence-electron chi connectivity index (χ2n) is 11.8. The first-order chi connectivity index (χ1) is 20.6. The smallest absolute Gasteiger partial charge is 0.000695 e. The van der Waals surface area contributed by atoms with Gasteiger partial charge in [0.25, 0.3) is 0 Å². The molecule has 6 aromatic carbocycles. The van der Waals surface area contributed by atoms with Crippen LogP contribution in [0.3, 0.4) is 0 Å². The standard InChI is InChI=1S/C42H31/c1-26-15-19-29(20-16-26)39(30-21-17-27(2)18-22-30)37-24-23-31-25-38-35-12-5-4-10-33(35)34-11-6-7-13-36(34)42(38)40(31)41(37)32-14-8-9-28(32)3/h4-13,15-24H,14H2,1-3H3. The molecule has 0 aliphatic heterocycles. The molecule has 0 saturated carbocycles. The van der Waals surface area contributed by atoms with Gasteiger partial charge >= 0.3 is 0 Å². The molecule has 0 saturated heterocycles. The van der Waals surface area contributed by atoms with Gasteiger partial charge in [0, 0.05) is 0 Å². The molecule has 42 heavy (non-hydrogen) atoms. The van der Waals surface area contributed by atoms with Gasteiger partial charge in [-0.15, -0.1) is 0 Å². The van der Waals surface area contributed by atoms with Crippen LogP contribution in [0.25, 0.3) is 49.9 Å². The normalized spacial score (nSPS) is 13.5. The lowest BCUT2D eigenvalue weighted by atomic mass is 9.84. The van der Waals surface area contributed by atoms with Crippen LogP contribution in [0.4, 0.5) is 0 Å². The molecule has 0 heterocycles. The molecule has 0 aromatic heterocycles. The summed E-state index contributed by atoms with van der Waals surface area (Å²) in [5.41, 5.74) is 14.2. The Morgan fingerprint density at radius 1 is 0.548 bits per heavy atom. The Bertz CT molecular complexity index is 2210. The molecule has 0 spiro atoms. The van der Waals surface area contributed by atoms with Crippen LogP contribution in [0, 0.1) is 13.8 Å². The first kappa shape index (κ1) is 24.8. The van der Waals surface area contributed by atoms with E-state index in [2.05, 4.69) is 148 Å². The van der Waals surface area contributed by atoms with Gasteiger partial charge in [-0.2, -0.15) is 0 Å². The van der Waals surface area contributed by atoms with Gasteiger partial charge in [0.05, 0.1) is 0 Å². The summed E-state index contributed by atoms with van der Waals surface area (Å²) >= 11 is 0. The summed E-state index contributed by atoms with van der Waals surface area (Å²) in [6.45, 7) is 6.58. The highest BCUT2D eigenvalue weighted by Crippen LogP contribution is 2.44. The van der Waals surface area contributed by atoms with Crippen molar-refractivity contribution in [2.75, 3.05) is 0 Å². The second kappa shape index (κ2) is 9.57. The predicted octanol–water partition coefficient (Wildman–Crippen LogP) is 9.28. The molecule has 0 atom stereocenters. The highest BCUT2D eigenvalue weighted by atomic mass is 14.3. The van der Waals surface area contributed by atoms with Crippen LogP contribution in [-0.2, 0) is 0 Å². The molecular weight excluding hydrogens is 504 g/mol. The van der Waals surface area contributed by atoms with Crippen molar-refractivity contribution in [2.24, 2.45) is 0 Å². The Morgan fingerprint density at radius 2 is 1.12 bits per heavy atom. The van der Waals surface area contributed by atoms with Crippen LogP contribution in [0.15, 0.2) is 127 Å². The fourth-order valence-electron chi connectivity index (χ4n) is 6.99. The topological polar surface area (TPSA) is 0 Å². The molecule has 0 nitrogen and oxygen atoms in total. The van der Waals surface area contributed by atoms with Gasteiger partial charge in [0.2, 0.25) is 0 Å². The van der Waals surface area contributed by atoms with Crippen molar-refractivity contribution >= 4 is 38.8 Å². The molecule has 0 amide bonds. The van der Waals surface area contributed by atoms with Crippen molar-refractivity contribution in [1.29, 1.82) is 0 Å². The molecular formula is C42H31. The zero-order valence-electron chi connectivity index (χ0n) is 24.3. The SMILES string of the molecule is CC1=C(c2c3c(ccc2=C(c2ccc(C)cc2)c2ccc(C)cc2)=[C]c2c-3c3ccccc3c3ccccc23)CC=C1. The molecule has 1 radical (unpaired) electrons. The Balaban J connectivity index is 1.59. The monoisotopic (exact) mass is 535 g/mol. The summed E-state index contributed by atoms with van der Waals surface area (Å²) in [6.07, 6.45) is 9.44. The summed E-state index contributed by atoms with van der Waals surface area (Å²) < 4.78 is 0. The van der Waals surface area contributed by atoms with Gasteiger partial charge in [-0.3, -0.25) is 0 Å². The zero-order valence-corrected chi connectivity index (χ0v) is 24.3. The number of aryl methyl sites for hydroxylation is 2. The van der Waals surface area contributed by atoms with Crippen LogP contribution in [0.5, 0.6) is 0 Å². The Labute approximate surface area is 247 Å². The molecule has 0 N–H and O–H groups in total. The maximum absolute atomic E-state index is 3.90. The lowest BCUT2D eigenvalue weighted by molar-refractivity contribution is 1.35. The van der Waals surface area contributed by atoms with Gasteiger partial charge in [-0.05, 0) is 115 Å². The van der Waals surface area contributed by atoms with Crippen molar-refractivity contribution in [3.63, 3.8) is 0 Å². The molecule has 0 unspecified atom stereocenters. The minimum atomic E-state index is 0.936. The molecule has 0 bridgehead atoms. The molecule has 0 fully saturated rings. The van der Waals surface area contributed by atoms with E-state index in [1.165, 1.54) is 93.2 Å². The van der Waals surface area contributed by atoms with E-state index in [4.69, 9.17) is 0 Å². The minimum Gasteiger partial charge on any atom is -0.0798 e. The molecule has 2 aliphatic carbocycles. The highest BCUT2D eigenvalue weighted by Gasteiger charge is 2.26. The van der Waals surface area contributed by atoms with Gasteiger partial charge in [-0.25, -0.2) is 0 Å². The van der Waals surface area contributed by atoms with E-state index in [9.17, 15) is 0 Å². The van der Waals surface area contributed by atoms with E-state index in [-0.39, 0.29) is 0 Å². The molecule has 2 aliphatic rings. The summed E-state index contributed by atoms with van der Waals surface area (Å²) in [6, 6.07) is 40.4. The van der Waals surface area contributed by atoms with E-state index in [1.54, 1.807) is 0 Å². The van der Waals surface area contributed by atoms with E-state index >= 15 is 0 Å². The van der Waals surface area contributed by atoms with Crippen molar-refractivity contribution in [3.05, 3.63) is 171 Å². The molecule has 8 rings (SSSR count). The summed E-state index contributed by atoms with van der Waals surface area (Å²) in [5.74, 6) is 0. The van der Waals surface area contributed by atoms with E-state index in [0.717, 1.165) is 6.42 Å². The number of allylic oxidation sites excluding steroid dienone is 4. The fraction of sp³-hybridized carbons (Fsp3) is 0.0952. The lowest BCUT2D eigenvalue weighted by Gasteiger charge is -2.19. The third-order valence-electron chi connectivity index (χ3n) is 9.07. The Hall–Kier alpha value is -4.94. The van der Waals surface area contributed by atoms with Crippen molar-refractivity contribution in [3.8, 4) is 11.1 Å². The summed E-state index contributed by atoms with van der Waals surface area (Å²) in [7, 11) is 0. The van der Waals surface area contributed by atoms with E-state index < -0.39 is 0 Å². The van der Waals surface area contributed by atoms with Crippen LogP contribution in [0.2, 0.25) is 0 Å². The van der Waals surface area contributed by atoms with Gasteiger partial charge < -0.3 is 0 Å². The first-order valence-corrected chi connectivity index (χ1v) is 14.8. The first-order valence-electron chi connectivity index (χ1n) is 14.8. The average molecular weight is 536 g/mol. The third-order valence-corrected chi connectivity index (χ3v) is 9.07. The van der Waals surface area contributed by atoms with Crippen LogP contribution >= 0.6 is 0 Å². The molecule has 0 heteroatoms.